The molecule has 6 nitrogen and oxygen atoms in total. The molecule has 0 bridgehead atoms. The smallest absolute Gasteiger partial charge is 0.311 e. The van der Waals surface area contributed by atoms with Crippen LogP contribution in [0.3, 0.4) is 0 Å². The van der Waals surface area contributed by atoms with Gasteiger partial charge in [0.15, 0.2) is 0 Å². The van der Waals surface area contributed by atoms with E-state index in [1.165, 1.54) is 0 Å². The van der Waals surface area contributed by atoms with Gasteiger partial charge in [-0.3, -0.25) is 9.59 Å². The highest BCUT2D eigenvalue weighted by molar-refractivity contribution is 5.82. The van der Waals surface area contributed by atoms with Crippen molar-refractivity contribution in [1.29, 1.82) is 0 Å². The van der Waals surface area contributed by atoms with E-state index in [1.54, 1.807) is 18.7 Å². The molecule has 2 rings (SSSR count). The van der Waals surface area contributed by atoms with Crippen LogP contribution in [0.15, 0.2) is 4.52 Å². The van der Waals surface area contributed by atoms with Crippen LogP contribution >= 0.6 is 0 Å². The number of carboxylic acid groups (broad SMARTS) is 1. The van der Waals surface area contributed by atoms with Crippen molar-refractivity contribution in [3.8, 4) is 0 Å². The maximum atomic E-state index is 12.4. The molecule has 1 amide bonds. The maximum absolute atomic E-state index is 12.4. The van der Waals surface area contributed by atoms with Crippen LogP contribution in [0, 0.1) is 25.2 Å². The number of aromatic nitrogens is 1. The first-order chi connectivity index (χ1) is 9.78. The van der Waals surface area contributed by atoms with Crippen molar-refractivity contribution in [2.75, 3.05) is 13.1 Å². The largest absolute Gasteiger partial charge is 0.481 e. The number of aryl methyl sites for hydroxylation is 2. The normalized spacial score (nSPS) is 22.0. The Bertz CT molecular complexity index is 545. The van der Waals surface area contributed by atoms with Gasteiger partial charge in [-0.15, -0.1) is 0 Å². The monoisotopic (exact) mass is 294 g/mol. The highest BCUT2D eigenvalue weighted by Gasteiger charge is 2.48. The number of carbonyl (C=O) groups is 2. The summed E-state index contributed by atoms with van der Waals surface area (Å²) < 4.78 is 5.06. The van der Waals surface area contributed by atoms with Crippen LogP contribution in [0.1, 0.15) is 37.3 Å². The second-order valence-electron chi connectivity index (χ2n) is 6.16. The molecule has 1 saturated heterocycles. The first kappa shape index (κ1) is 15.5. The number of nitrogens with zero attached hydrogens (tertiary/aromatic N) is 2. The van der Waals surface area contributed by atoms with Crippen LogP contribution in [0.2, 0.25) is 0 Å². The lowest BCUT2D eigenvalue weighted by atomic mass is 9.76. The summed E-state index contributed by atoms with van der Waals surface area (Å²) in [7, 11) is 0. The number of hydrogen-bond acceptors (Lipinski definition) is 4. The molecular formula is C15H22N2O4. The third-order valence-corrected chi connectivity index (χ3v) is 4.69. The van der Waals surface area contributed by atoms with Gasteiger partial charge in [-0.25, -0.2) is 0 Å². The molecule has 2 heterocycles. The topological polar surface area (TPSA) is 83.6 Å². The minimum atomic E-state index is -0.825. The van der Waals surface area contributed by atoms with E-state index in [4.69, 9.17) is 4.52 Å². The number of aliphatic carboxylic acids is 1. The molecule has 0 spiro atoms. The van der Waals surface area contributed by atoms with E-state index in [0.717, 1.165) is 5.56 Å². The molecule has 1 atom stereocenters. The first-order valence-corrected chi connectivity index (χ1v) is 7.21. The summed E-state index contributed by atoms with van der Waals surface area (Å²) in [6, 6.07) is 0. The molecule has 21 heavy (non-hydrogen) atoms. The molecule has 0 aromatic carbocycles. The van der Waals surface area contributed by atoms with E-state index in [1.807, 2.05) is 13.8 Å². The number of rotatable bonds is 4. The Morgan fingerprint density at radius 1 is 1.43 bits per heavy atom. The predicted octanol–water partition coefficient (Wildman–Crippen LogP) is 1.79. The minimum absolute atomic E-state index is 0.00753. The first-order valence-electron chi connectivity index (χ1n) is 7.21. The summed E-state index contributed by atoms with van der Waals surface area (Å²) in [6.07, 6.45) is 0.725. The van der Waals surface area contributed by atoms with Crippen molar-refractivity contribution in [2.24, 2.45) is 11.3 Å². The van der Waals surface area contributed by atoms with Gasteiger partial charge in [0.2, 0.25) is 5.91 Å². The van der Waals surface area contributed by atoms with Crippen molar-refractivity contribution in [3.05, 3.63) is 17.0 Å². The Morgan fingerprint density at radius 2 is 2.10 bits per heavy atom. The predicted molar refractivity (Wildman–Crippen MR) is 75.8 cm³/mol. The summed E-state index contributed by atoms with van der Waals surface area (Å²) in [5, 5.41) is 13.4. The summed E-state index contributed by atoms with van der Waals surface area (Å²) in [4.78, 5) is 25.7. The van der Waals surface area contributed by atoms with Gasteiger partial charge >= 0.3 is 5.97 Å². The molecule has 0 saturated carbocycles. The zero-order valence-electron chi connectivity index (χ0n) is 13.0. The number of carboxylic acids is 1. The molecule has 1 aliphatic rings. The lowest BCUT2D eigenvalue weighted by molar-refractivity contribution is -0.151. The Kier molecular flexibility index (Phi) is 4.07. The van der Waals surface area contributed by atoms with Gasteiger partial charge in [-0.05, 0) is 26.2 Å². The van der Waals surface area contributed by atoms with Crippen molar-refractivity contribution in [2.45, 2.75) is 40.5 Å². The van der Waals surface area contributed by atoms with Gasteiger partial charge in [0.05, 0.1) is 17.5 Å². The van der Waals surface area contributed by atoms with Crippen molar-refractivity contribution >= 4 is 11.9 Å². The summed E-state index contributed by atoms with van der Waals surface area (Å²) in [6.45, 7) is 8.16. The summed E-state index contributed by atoms with van der Waals surface area (Å²) in [5.41, 5.74) is 0.694. The number of amides is 1. The van der Waals surface area contributed by atoms with E-state index in [2.05, 4.69) is 5.16 Å². The molecule has 116 valence electrons. The molecule has 0 radical (unpaired) electrons. The zero-order chi connectivity index (χ0) is 15.8. The molecule has 1 aliphatic heterocycles. The highest BCUT2D eigenvalue weighted by Crippen LogP contribution is 2.38. The van der Waals surface area contributed by atoms with Gasteiger partial charge in [-0.2, -0.15) is 0 Å². The fraction of sp³-hybridized carbons (Fsp3) is 0.667. The van der Waals surface area contributed by atoms with Gasteiger partial charge in [0, 0.05) is 18.7 Å². The van der Waals surface area contributed by atoms with Gasteiger partial charge in [-0.1, -0.05) is 19.0 Å². The van der Waals surface area contributed by atoms with Crippen LogP contribution in [0.4, 0.5) is 0 Å². The van der Waals surface area contributed by atoms with Crippen LogP contribution in [0.5, 0.6) is 0 Å². The molecule has 1 aromatic rings. The average molecular weight is 294 g/mol. The van der Waals surface area contributed by atoms with Gasteiger partial charge in [0.25, 0.3) is 0 Å². The number of hydrogen-bond donors (Lipinski definition) is 1. The Balaban J connectivity index is 2.11. The molecular weight excluding hydrogens is 272 g/mol. The van der Waals surface area contributed by atoms with E-state index in [-0.39, 0.29) is 24.8 Å². The second-order valence-corrected chi connectivity index (χ2v) is 6.16. The molecule has 1 unspecified atom stereocenters. The van der Waals surface area contributed by atoms with Crippen LogP contribution in [0.25, 0.3) is 0 Å². The number of carbonyl (C=O) groups excluding carboxylic acids is 1. The van der Waals surface area contributed by atoms with E-state index < -0.39 is 11.4 Å². The van der Waals surface area contributed by atoms with Gasteiger partial charge < -0.3 is 14.5 Å². The second kappa shape index (κ2) is 5.50. The highest BCUT2D eigenvalue weighted by atomic mass is 16.5. The summed E-state index contributed by atoms with van der Waals surface area (Å²) in [5.74, 6) is -0.237. The number of likely N-dealkylation sites (tertiary alicyclic amines) is 1. The van der Waals surface area contributed by atoms with Gasteiger partial charge in [0.1, 0.15) is 5.76 Å². The van der Waals surface area contributed by atoms with Crippen LogP contribution in [-0.4, -0.2) is 40.1 Å². The zero-order valence-corrected chi connectivity index (χ0v) is 13.0. The maximum Gasteiger partial charge on any atom is 0.311 e. The van der Waals surface area contributed by atoms with Crippen LogP contribution < -0.4 is 0 Å². The molecule has 6 heteroatoms. The standard InChI is InChI=1S/C15H22N2O4/c1-9(2)15(14(19)20)5-6-17(8-15)13(18)7-12-10(3)16-21-11(12)4/h9H,5-8H2,1-4H3,(H,19,20). The fourth-order valence-corrected chi connectivity index (χ4v) is 2.96. The van der Waals surface area contributed by atoms with Crippen LogP contribution in [-0.2, 0) is 16.0 Å². The van der Waals surface area contributed by atoms with Crippen molar-refractivity contribution in [1.82, 2.24) is 10.1 Å². The molecule has 1 aromatic heterocycles. The van der Waals surface area contributed by atoms with Crippen molar-refractivity contribution in [3.63, 3.8) is 0 Å². The molecule has 0 aliphatic carbocycles. The lowest BCUT2D eigenvalue weighted by Gasteiger charge is -2.28. The lowest BCUT2D eigenvalue weighted by Crippen LogP contribution is -2.41. The molecule has 1 N–H and O–H groups in total. The van der Waals surface area contributed by atoms with Crippen molar-refractivity contribution < 1.29 is 19.2 Å². The average Bonchev–Trinajstić information content (AvgIpc) is 2.98. The van der Waals surface area contributed by atoms with E-state index in [9.17, 15) is 14.7 Å². The summed E-state index contributed by atoms with van der Waals surface area (Å²) >= 11 is 0. The third-order valence-electron chi connectivity index (χ3n) is 4.69. The Morgan fingerprint density at radius 3 is 2.52 bits per heavy atom. The quantitative estimate of drug-likeness (QED) is 0.915. The van der Waals surface area contributed by atoms with E-state index >= 15 is 0 Å². The molecule has 1 fully saturated rings. The van der Waals surface area contributed by atoms with E-state index in [0.29, 0.717) is 24.4 Å². The third kappa shape index (κ3) is 2.66. The Hall–Kier alpha value is -1.85. The minimum Gasteiger partial charge on any atom is -0.481 e. The Labute approximate surface area is 124 Å². The fourth-order valence-electron chi connectivity index (χ4n) is 2.96. The SMILES string of the molecule is Cc1noc(C)c1CC(=O)N1CCC(C(=O)O)(C(C)C)C1.